The number of hydrogen-bond donors (Lipinski definition) is 0. The van der Waals surface area contributed by atoms with Gasteiger partial charge >= 0.3 is 17.9 Å². The summed E-state index contributed by atoms with van der Waals surface area (Å²) >= 11 is 0. The summed E-state index contributed by atoms with van der Waals surface area (Å²) < 4.78 is 16.9. The molecule has 10 atom stereocenters. The van der Waals surface area contributed by atoms with E-state index in [9.17, 15) is 14.4 Å². The fraction of sp³-hybridized carbons (Fsp3) is 0.900. The van der Waals surface area contributed by atoms with Crippen molar-refractivity contribution >= 4 is 17.9 Å². The van der Waals surface area contributed by atoms with Crippen molar-refractivity contribution in [2.24, 2.45) is 46.3 Å². The monoisotopic (exact) mass is 504 g/mol. The number of rotatable bonds is 7. The highest BCUT2D eigenvalue weighted by molar-refractivity contribution is 5.66. The first-order chi connectivity index (χ1) is 17.0. The lowest BCUT2D eigenvalue weighted by Crippen LogP contribution is -2.59. The van der Waals surface area contributed by atoms with Crippen molar-refractivity contribution in [1.82, 2.24) is 0 Å². The van der Waals surface area contributed by atoms with E-state index in [0.29, 0.717) is 41.6 Å². The fourth-order valence-electron chi connectivity index (χ4n) is 9.71. The molecule has 0 aromatic heterocycles. The average Bonchev–Trinajstić information content (AvgIpc) is 3.14. The van der Waals surface area contributed by atoms with E-state index in [2.05, 4.69) is 20.8 Å². The number of hydrogen-bond acceptors (Lipinski definition) is 6. The molecule has 0 heterocycles. The number of fused-ring (bicyclic) bond motifs is 5. The minimum Gasteiger partial charge on any atom is -0.466 e. The molecule has 0 aliphatic heterocycles. The van der Waals surface area contributed by atoms with Gasteiger partial charge in [0.1, 0.15) is 12.2 Å². The van der Waals surface area contributed by atoms with Crippen molar-refractivity contribution in [2.45, 2.75) is 118 Å². The second-order valence-corrected chi connectivity index (χ2v) is 13.1. The van der Waals surface area contributed by atoms with Crippen LogP contribution < -0.4 is 0 Å². The third-order valence-corrected chi connectivity index (χ3v) is 11.1. The molecular weight excluding hydrogens is 456 g/mol. The summed E-state index contributed by atoms with van der Waals surface area (Å²) in [7, 11) is 0. The first kappa shape index (κ1) is 27.4. The van der Waals surface area contributed by atoms with E-state index in [1.807, 2.05) is 0 Å². The van der Waals surface area contributed by atoms with Gasteiger partial charge in [-0.05, 0) is 105 Å². The normalized spacial score (nSPS) is 42.3. The van der Waals surface area contributed by atoms with Gasteiger partial charge in [-0.3, -0.25) is 14.4 Å². The summed E-state index contributed by atoms with van der Waals surface area (Å²) in [5.41, 5.74) is 0.440. The third kappa shape index (κ3) is 5.20. The zero-order chi connectivity index (χ0) is 26.3. The Labute approximate surface area is 217 Å². The minimum absolute atomic E-state index is 0.0623. The van der Waals surface area contributed by atoms with Gasteiger partial charge in [0.2, 0.25) is 0 Å². The fourth-order valence-corrected chi connectivity index (χ4v) is 9.71. The van der Waals surface area contributed by atoms with Crippen molar-refractivity contribution in [3.63, 3.8) is 0 Å². The summed E-state index contributed by atoms with van der Waals surface area (Å²) in [5, 5.41) is 0. The van der Waals surface area contributed by atoms with Crippen LogP contribution in [0.4, 0.5) is 0 Å². The van der Waals surface area contributed by atoms with Crippen LogP contribution in [0.1, 0.15) is 106 Å². The molecule has 204 valence electrons. The minimum atomic E-state index is -0.214. The Bertz CT molecular complexity index is 839. The lowest BCUT2D eigenvalue weighted by atomic mass is 9.43. The Kier molecular flexibility index (Phi) is 8.12. The smallest absolute Gasteiger partial charge is 0.302 e. The summed E-state index contributed by atoms with van der Waals surface area (Å²) in [6.45, 7) is 12.4. The highest BCUT2D eigenvalue weighted by Gasteiger charge is 2.63. The molecule has 0 radical (unpaired) electrons. The first-order valence-electron chi connectivity index (χ1n) is 14.4. The highest BCUT2D eigenvalue weighted by Crippen LogP contribution is 2.68. The van der Waals surface area contributed by atoms with Crippen LogP contribution in [0.15, 0.2) is 0 Å². The molecular formula is C30H48O6. The molecule has 4 aliphatic rings. The molecule has 0 N–H and O–H groups in total. The molecule has 0 amide bonds. The number of carbonyl (C=O) groups excluding carboxylic acids is 3. The highest BCUT2D eigenvalue weighted by atomic mass is 16.6. The largest absolute Gasteiger partial charge is 0.466 e. The zero-order valence-corrected chi connectivity index (χ0v) is 23.3. The second-order valence-electron chi connectivity index (χ2n) is 13.1. The van der Waals surface area contributed by atoms with Crippen LogP contribution in [0.3, 0.4) is 0 Å². The maximum atomic E-state index is 12.2. The van der Waals surface area contributed by atoms with E-state index >= 15 is 0 Å². The maximum Gasteiger partial charge on any atom is 0.302 e. The zero-order valence-electron chi connectivity index (χ0n) is 23.3. The van der Waals surface area contributed by atoms with Crippen molar-refractivity contribution in [3.05, 3.63) is 0 Å². The SMILES string of the molecule is CC(=O)OCCC[C@@H](C)[C@H]1CC[C@H]2[C@@H]3C[C@H](OC(C)=O)[C@@H]4C[C@H](OC(C)=O)CC[C@]4(C)[C@H]3CC[C@]12C. The molecule has 0 saturated heterocycles. The van der Waals surface area contributed by atoms with E-state index in [0.717, 1.165) is 38.5 Å². The lowest BCUT2D eigenvalue weighted by molar-refractivity contribution is -0.197. The molecule has 0 bridgehead atoms. The van der Waals surface area contributed by atoms with Gasteiger partial charge in [0.15, 0.2) is 0 Å². The van der Waals surface area contributed by atoms with Crippen LogP contribution in [-0.4, -0.2) is 36.7 Å². The Balaban J connectivity index is 1.51. The first-order valence-corrected chi connectivity index (χ1v) is 14.4. The van der Waals surface area contributed by atoms with Gasteiger partial charge in [-0.2, -0.15) is 0 Å². The van der Waals surface area contributed by atoms with Gasteiger partial charge in [-0.15, -0.1) is 0 Å². The molecule has 6 heteroatoms. The predicted octanol–water partition coefficient (Wildman–Crippen LogP) is 6.10. The van der Waals surface area contributed by atoms with E-state index in [1.165, 1.54) is 46.5 Å². The quantitative estimate of drug-likeness (QED) is 0.237. The Morgan fingerprint density at radius 1 is 0.806 bits per heavy atom. The standard InChI is InChI=1S/C30H48O6/c1-18(8-7-15-34-19(2)31)24-9-10-25-23-17-28(36-21(4)33)27-16-22(35-20(3)32)11-13-30(27,6)26(23)12-14-29(24,25)5/h18,22-28H,7-17H2,1-6H3/t18-,22-,23+,24-,25+,26+,27+,28+,29-,30-/m1/s1. The molecule has 4 aliphatic carbocycles. The van der Waals surface area contributed by atoms with Crippen LogP contribution in [-0.2, 0) is 28.6 Å². The molecule has 36 heavy (non-hydrogen) atoms. The summed E-state index contributed by atoms with van der Waals surface area (Å²) in [6.07, 6.45) is 10.6. The molecule has 4 saturated carbocycles. The van der Waals surface area contributed by atoms with Crippen LogP contribution in [0.2, 0.25) is 0 Å². The molecule has 4 fully saturated rings. The summed E-state index contributed by atoms with van der Waals surface area (Å²) in [6, 6.07) is 0. The van der Waals surface area contributed by atoms with Crippen LogP contribution in [0.5, 0.6) is 0 Å². The maximum absolute atomic E-state index is 12.2. The molecule has 0 spiro atoms. The molecule has 0 unspecified atom stereocenters. The summed E-state index contributed by atoms with van der Waals surface area (Å²) in [5.74, 6) is 2.85. The molecule has 0 aromatic rings. The van der Waals surface area contributed by atoms with Gasteiger partial charge in [-0.25, -0.2) is 0 Å². The number of esters is 3. The van der Waals surface area contributed by atoms with Crippen molar-refractivity contribution < 1.29 is 28.6 Å². The van der Waals surface area contributed by atoms with Crippen LogP contribution >= 0.6 is 0 Å². The molecule has 4 rings (SSSR count). The van der Waals surface area contributed by atoms with E-state index in [-0.39, 0.29) is 41.4 Å². The topological polar surface area (TPSA) is 78.9 Å². The Morgan fingerprint density at radius 2 is 1.47 bits per heavy atom. The van der Waals surface area contributed by atoms with E-state index in [4.69, 9.17) is 14.2 Å². The Hall–Kier alpha value is -1.59. The van der Waals surface area contributed by atoms with Gasteiger partial charge < -0.3 is 14.2 Å². The van der Waals surface area contributed by atoms with Gasteiger partial charge in [0, 0.05) is 26.7 Å². The number of carbonyl (C=O) groups is 3. The van der Waals surface area contributed by atoms with Crippen LogP contribution in [0.25, 0.3) is 0 Å². The predicted molar refractivity (Wildman–Crippen MR) is 137 cm³/mol. The van der Waals surface area contributed by atoms with Gasteiger partial charge in [0.25, 0.3) is 0 Å². The second kappa shape index (κ2) is 10.6. The van der Waals surface area contributed by atoms with Crippen molar-refractivity contribution in [2.75, 3.05) is 6.61 Å². The van der Waals surface area contributed by atoms with Crippen LogP contribution in [0, 0.1) is 46.3 Å². The molecule has 0 aromatic carbocycles. The third-order valence-electron chi connectivity index (χ3n) is 11.1. The van der Waals surface area contributed by atoms with Gasteiger partial charge in [0.05, 0.1) is 6.61 Å². The van der Waals surface area contributed by atoms with Crippen molar-refractivity contribution in [3.8, 4) is 0 Å². The summed E-state index contributed by atoms with van der Waals surface area (Å²) in [4.78, 5) is 35.0. The average molecular weight is 505 g/mol. The Morgan fingerprint density at radius 3 is 2.14 bits per heavy atom. The van der Waals surface area contributed by atoms with Gasteiger partial charge in [-0.1, -0.05) is 20.8 Å². The van der Waals surface area contributed by atoms with E-state index in [1.54, 1.807) is 0 Å². The number of ether oxygens (including phenoxy) is 3. The van der Waals surface area contributed by atoms with Crippen molar-refractivity contribution in [1.29, 1.82) is 0 Å². The lowest BCUT2D eigenvalue weighted by Gasteiger charge is -2.62. The molecule has 6 nitrogen and oxygen atoms in total. The van der Waals surface area contributed by atoms with E-state index < -0.39 is 0 Å².